The minimum Gasteiger partial charge on any atom is -0.397 e. The number of anilines is 1. The highest BCUT2D eigenvalue weighted by Crippen LogP contribution is 2.34. The Labute approximate surface area is 128 Å². The summed E-state index contributed by atoms with van der Waals surface area (Å²) in [5.74, 6) is 0.0399. The molecule has 4 nitrogen and oxygen atoms in total. The molecule has 2 heterocycles. The average molecular weight is 304 g/mol. The molecular formula is C16H20N2O2S. The molecule has 3 rings (SSSR count). The molecule has 0 saturated carbocycles. The van der Waals surface area contributed by atoms with Crippen LogP contribution in [-0.2, 0) is 4.74 Å². The van der Waals surface area contributed by atoms with Crippen molar-refractivity contribution >= 4 is 33.0 Å². The first-order chi connectivity index (χ1) is 10.2. The van der Waals surface area contributed by atoms with E-state index in [-0.39, 0.29) is 12.0 Å². The highest BCUT2D eigenvalue weighted by molar-refractivity contribution is 7.21. The zero-order valence-electron chi connectivity index (χ0n) is 12.2. The van der Waals surface area contributed by atoms with Crippen molar-refractivity contribution in [1.82, 2.24) is 4.90 Å². The molecule has 0 spiro atoms. The Bertz CT molecular complexity index is 651. The van der Waals surface area contributed by atoms with Gasteiger partial charge in [0.2, 0.25) is 0 Å². The molecule has 21 heavy (non-hydrogen) atoms. The standard InChI is InChI=1S/C16H20N2O2S/c1-2-20-11-6-5-9-18(10-11)16(19)15-14(17)12-7-3-4-8-13(12)21-15/h3-4,7-8,11H,2,5-6,9-10,17H2,1H3. The molecule has 112 valence electrons. The fourth-order valence-electron chi connectivity index (χ4n) is 2.86. The first kappa shape index (κ1) is 14.4. The molecule has 1 aliphatic heterocycles. The lowest BCUT2D eigenvalue weighted by molar-refractivity contribution is 0.00746. The van der Waals surface area contributed by atoms with E-state index in [9.17, 15) is 4.79 Å². The van der Waals surface area contributed by atoms with Gasteiger partial charge in [-0.15, -0.1) is 11.3 Å². The van der Waals surface area contributed by atoms with Crippen LogP contribution < -0.4 is 5.73 Å². The van der Waals surface area contributed by atoms with Crippen LogP contribution in [0.3, 0.4) is 0 Å². The number of carbonyl (C=O) groups excluding carboxylic acids is 1. The first-order valence-corrected chi connectivity index (χ1v) is 8.20. The number of ether oxygens (including phenoxy) is 1. The molecule has 5 heteroatoms. The zero-order chi connectivity index (χ0) is 14.8. The van der Waals surface area contributed by atoms with Gasteiger partial charge in [0.05, 0.1) is 11.8 Å². The van der Waals surface area contributed by atoms with Gasteiger partial charge in [-0.1, -0.05) is 18.2 Å². The van der Waals surface area contributed by atoms with Gasteiger partial charge in [0, 0.05) is 29.8 Å². The Balaban J connectivity index is 1.84. The Morgan fingerprint density at radius 2 is 2.29 bits per heavy atom. The lowest BCUT2D eigenvalue weighted by atomic mass is 10.1. The van der Waals surface area contributed by atoms with Gasteiger partial charge in [0.1, 0.15) is 4.88 Å². The summed E-state index contributed by atoms with van der Waals surface area (Å²) in [6.07, 6.45) is 2.17. The highest BCUT2D eigenvalue weighted by atomic mass is 32.1. The number of fused-ring (bicyclic) bond motifs is 1. The smallest absolute Gasteiger partial charge is 0.266 e. The van der Waals surface area contributed by atoms with E-state index in [2.05, 4.69) is 0 Å². The van der Waals surface area contributed by atoms with Crippen LogP contribution in [0, 0.1) is 0 Å². The number of likely N-dealkylation sites (tertiary alicyclic amines) is 1. The van der Waals surface area contributed by atoms with Crippen molar-refractivity contribution in [3.63, 3.8) is 0 Å². The monoisotopic (exact) mass is 304 g/mol. The SMILES string of the molecule is CCOC1CCCN(C(=O)c2sc3ccccc3c2N)C1. The first-order valence-electron chi connectivity index (χ1n) is 7.38. The summed E-state index contributed by atoms with van der Waals surface area (Å²) >= 11 is 1.48. The number of amides is 1. The van der Waals surface area contributed by atoms with Gasteiger partial charge in [-0.3, -0.25) is 4.79 Å². The topological polar surface area (TPSA) is 55.6 Å². The third kappa shape index (κ3) is 2.76. The summed E-state index contributed by atoms with van der Waals surface area (Å²) in [7, 11) is 0. The van der Waals surface area contributed by atoms with E-state index in [1.807, 2.05) is 36.1 Å². The van der Waals surface area contributed by atoms with E-state index in [1.165, 1.54) is 11.3 Å². The highest BCUT2D eigenvalue weighted by Gasteiger charge is 2.27. The molecule has 1 aromatic carbocycles. The van der Waals surface area contributed by atoms with Crippen LogP contribution in [0.4, 0.5) is 5.69 Å². The fraction of sp³-hybridized carbons (Fsp3) is 0.438. The third-order valence-electron chi connectivity index (χ3n) is 3.90. The second kappa shape index (κ2) is 6.03. The molecule has 1 amide bonds. The third-order valence-corrected chi connectivity index (χ3v) is 5.07. The van der Waals surface area contributed by atoms with Crippen LogP contribution in [0.1, 0.15) is 29.4 Å². The maximum absolute atomic E-state index is 12.7. The van der Waals surface area contributed by atoms with Crippen LogP contribution in [0.5, 0.6) is 0 Å². The minimum atomic E-state index is 0.0399. The molecular weight excluding hydrogens is 284 g/mol. The zero-order valence-corrected chi connectivity index (χ0v) is 13.0. The lowest BCUT2D eigenvalue weighted by Crippen LogP contribution is -2.43. The Morgan fingerprint density at radius 1 is 1.48 bits per heavy atom. The van der Waals surface area contributed by atoms with Gasteiger partial charge in [0.15, 0.2) is 0 Å². The molecule has 0 radical (unpaired) electrons. The van der Waals surface area contributed by atoms with Crippen LogP contribution in [-0.4, -0.2) is 36.6 Å². The van der Waals surface area contributed by atoms with Crippen LogP contribution in [0.2, 0.25) is 0 Å². The summed E-state index contributed by atoms with van der Waals surface area (Å²) in [5.41, 5.74) is 6.78. The number of carbonyl (C=O) groups is 1. The van der Waals surface area contributed by atoms with Crippen LogP contribution >= 0.6 is 11.3 Å². The van der Waals surface area contributed by atoms with Gasteiger partial charge in [-0.25, -0.2) is 0 Å². The number of nitrogens with two attached hydrogens (primary N) is 1. The Kier molecular flexibility index (Phi) is 4.12. The molecule has 1 saturated heterocycles. The van der Waals surface area contributed by atoms with Gasteiger partial charge in [-0.2, -0.15) is 0 Å². The molecule has 1 unspecified atom stereocenters. The van der Waals surface area contributed by atoms with E-state index in [0.717, 1.165) is 29.5 Å². The summed E-state index contributed by atoms with van der Waals surface area (Å²) in [6, 6.07) is 7.90. The maximum Gasteiger partial charge on any atom is 0.266 e. The number of nitrogens with zero attached hydrogens (tertiary/aromatic N) is 1. The number of piperidine rings is 1. The quantitative estimate of drug-likeness (QED) is 0.948. The van der Waals surface area contributed by atoms with E-state index in [4.69, 9.17) is 10.5 Å². The van der Waals surface area contributed by atoms with Crippen molar-refractivity contribution in [3.05, 3.63) is 29.1 Å². The van der Waals surface area contributed by atoms with Crippen molar-refractivity contribution in [2.45, 2.75) is 25.9 Å². The van der Waals surface area contributed by atoms with E-state index >= 15 is 0 Å². The van der Waals surface area contributed by atoms with E-state index in [1.54, 1.807) is 0 Å². The summed E-state index contributed by atoms with van der Waals surface area (Å²) in [5, 5.41) is 0.976. The molecule has 1 aromatic heterocycles. The number of hydrogen-bond donors (Lipinski definition) is 1. The molecule has 2 aromatic rings. The van der Waals surface area contributed by atoms with Crippen molar-refractivity contribution in [1.29, 1.82) is 0 Å². The van der Waals surface area contributed by atoms with Gasteiger partial charge < -0.3 is 15.4 Å². The van der Waals surface area contributed by atoms with Crippen molar-refractivity contribution in [2.75, 3.05) is 25.4 Å². The maximum atomic E-state index is 12.7. The average Bonchev–Trinajstić information content (AvgIpc) is 2.85. The molecule has 0 aliphatic carbocycles. The van der Waals surface area contributed by atoms with Crippen LogP contribution in [0.15, 0.2) is 24.3 Å². The largest absolute Gasteiger partial charge is 0.397 e. The number of rotatable bonds is 3. The normalized spacial score (nSPS) is 19.1. The number of benzene rings is 1. The van der Waals surface area contributed by atoms with Gasteiger partial charge in [-0.05, 0) is 25.8 Å². The predicted molar refractivity (Wildman–Crippen MR) is 86.8 cm³/mol. The molecule has 1 atom stereocenters. The van der Waals surface area contributed by atoms with Crippen molar-refractivity contribution < 1.29 is 9.53 Å². The Morgan fingerprint density at radius 3 is 3.05 bits per heavy atom. The number of thiophene rings is 1. The van der Waals surface area contributed by atoms with E-state index < -0.39 is 0 Å². The summed E-state index contributed by atoms with van der Waals surface area (Å²) in [4.78, 5) is 15.3. The van der Waals surface area contributed by atoms with Crippen molar-refractivity contribution in [2.24, 2.45) is 0 Å². The number of hydrogen-bond acceptors (Lipinski definition) is 4. The van der Waals surface area contributed by atoms with Gasteiger partial charge >= 0.3 is 0 Å². The number of nitrogen functional groups attached to an aromatic ring is 1. The lowest BCUT2D eigenvalue weighted by Gasteiger charge is -2.32. The second-order valence-corrected chi connectivity index (χ2v) is 6.36. The Hall–Kier alpha value is -1.59. The summed E-state index contributed by atoms with van der Waals surface area (Å²) in [6.45, 7) is 4.14. The van der Waals surface area contributed by atoms with E-state index in [0.29, 0.717) is 23.7 Å². The molecule has 0 bridgehead atoms. The van der Waals surface area contributed by atoms with Crippen LogP contribution in [0.25, 0.3) is 10.1 Å². The molecule has 2 N–H and O–H groups in total. The van der Waals surface area contributed by atoms with Gasteiger partial charge in [0.25, 0.3) is 5.91 Å². The predicted octanol–water partition coefficient (Wildman–Crippen LogP) is 3.12. The summed E-state index contributed by atoms with van der Waals surface area (Å²) < 4.78 is 6.73. The fourth-order valence-corrected chi connectivity index (χ4v) is 3.95. The van der Waals surface area contributed by atoms with Crippen molar-refractivity contribution in [3.8, 4) is 0 Å². The molecule has 1 aliphatic rings. The second-order valence-electron chi connectivity index (χ2n) is 5.31. The minimum absolute atomic E-state index is 0.0399. The molecule has 1 fully saturated rings.